The average Bonchev–Trinajstić information content (AvgIpc) is 2.68. The Morgan fingerprint density at radius 3 is 2.92 bits per heavy atom. The van der Waals surface area contributed by atoms with Gasteiger partial charge < -0.3 is 9.53 Å². The zero-order valence-electron chi connectivity index (χ0n) is 14.3. The maximum absolute atomic E-state index is 13.9. The Hall–Kier alpha value is -3.00. The molecule has 26 heavy (non-hydrogen) atoms. The normalized spacial score (nSPS) is 16.5. The van der Waals surface area contributed by atoms with E-state index in [1.807, 2.05) is 18.2 Å². The van der Waals surface area contributed by atoms with Crippen molar-refractivity contribution in [3.63, 3.8) is 0 Å². The Balaban J connectivity index is 1.67. The number of hydrogen-bond acceptors (Lipinski definition) is 4. The molecule has 0 fully saturated rings. The van der Waals surface area contributed by atoms with Gasteiger partial charge in [0.2, 0.25) is 5.88 Å². The first-order chi connectivity index (χ1) is 12.7. The van der Waals surface area contributed by atoms with E-state index in [1.165, 1.54) is 6.07 Å². The molecule has 0 radical (unpaired) electrons. The number of hydrogen-bond donors (Lipinski definition) is 0. The van der Waals surface area contributed by atoms with E-state index in [0.29, 0.717) is 23.8 Å². The van der Waals surface area contributed by atoms with Crippen molar-refractivity contribution >= 4 is 11.9 Å². The zero-order valence-corrected chi connectivity index (χ0v) is 14.3. The highest BCUT2D eigenvalue weighted by Gasteiger charge is 2.16. The molecule has 4 nitrogen and oxygen atoms in total. The molecule has 1 aromatic carbocycles. The van der Waals surface area contributed by atoms with E-state index in [-0.39, 0.29) is 12.2 Å². The largest absolute Gasteiger partial charge is 0.473 e. The van der Waals surface area contributed by atoms with E-state index in [9.17, 15) is 9.18 Å². The van der Waals surface area contributed by atoms with Crippen LogP contribution in [0.5, 0.6) is 5.88 Å². The van der Waals surface area contributed by atoms with Crippen LogP contribution in [0.15, 0.2) is 42.5 Å². The fourth-order valence-corrected chi connectivity index (χ4v) is 3.03. The number of nitrogens with zero attached hydrogens (tertiary/aromatic N) is 2. The highest BCUT2D eigenvalue weighted by atomic mass is 19.1. The molecule has 2 aromatic rings. The summed E-state index contributed by atoms with van der Waals surface area (Å²) >= 11 is 0. The van der Waals surface area contributed by atoms with Crippen LogP contribution in [0, 0.1) is 23.1 Å². The van der Waals surface area contributed by atoms with Gasteiger partial charge in [-0.1, -0.05) is 18.2 Å². The third-order valence-corrected chi connectivity index (χ3v) is 4.56. The number of halogens is 1. The fraction of sp³-hybridized carbons (Fsp3) is 0.286. The van der Waals surface area contributed by atoms with Crippen molar-refractivity contribution in [1.29, 1.82) is 5.26 Å². The van der Waals surface area contributed by atoms with E-state index < -0.39 is 5.82 Å². The molecule has 1 aromatic heterocycles. The van der Waals surface area contributed by atoms with Gasteiger partial charge in [-0.3, -0.25) is 0 Å². The molecule has 1 atom stereocenters. The Bertz CT molecular complexity index is 871. The van der Waals surface area contributed by atoms with Crippen LogP contribution in [-0.2, 0) is 11.4 Å². The Morgan fingerprint density at radius 1 is 1.35 bits per heavy atom. The monoisotopic (exact) mass is 350 g/mol. The van der Waals surface area contributed by atoms with Crippen molar-refractivity contribution in [1.82, 2.24) is 4.98 Å². The van der Waals surface area contributed by atoms with Gasteiger partial charge in [0.05, 0.1) is 17.3 Å². The van der Waals surface area contributed by atoms with Crippen molar-refractivity contribution < 1.29 is 13.9 Å². The first-order valence-corrected chi connectivity index (χ1v) is 8.61. The summed E-state index contributed by atoms with van der Waals surface area (Å²) < 4.78 is 19.6. The molecule has 5 heteroatoms. The zero-order chi connectivity index (χ0) is 18.4. The lowest BCUT2D eigenvalue weighted by molar-refractivity contribution is -0.108. The van der Waals surface area contributed by atoms with Crippen LogP contribution in [0.25, 0.3) is 5.57 Å². The van der Waals surface area contributed by atoms with Crippen molar-refractivity contribution in [2.75, 3.05) is 0 Å². The minimum absolute atomic E-state index is 0.0501. The predicted molar refractivity (Wildman–Crippen MR) is 95.7 cm³/mol. The standard InChI is InChI=1S/C21H19FN2O2/c22-19-12-16(13-23)6-9-18(19)14-26-21-3-1-2-20(24-21)17-7-4-15(5-8-17)10-11-25/h1-3,6-7,9,11-12,15H,4-5,8,10,14H2. The summed E-state index contributed by atoms with van der Waals surface area (Å²) in [5.74, 6) is 0.397. The molecule has 0 amide bonds. The quantitative estimate of drug-likeness (QED) is 0.722. The van der Waals surface area contributed by atoms with E-state index in [0.717, 1.165) is 36.8 Å². The number of ether oxygens (including phenoxy) is 1. The molecule has 0 bridgehead atoms. The molecular formula is C21H19FN2O2. The van der Waals surface area contributed by atoms with Crippen molar-refractivity contribution in [3.05, 3.63) is 65.1 Å². The molecule has 0 aliphatic heterocycles. The number of rotatable bonds is 6. The molecule has 3 rings (SSSR count). The van der Waals surface area contributed by atoms with Gasteiger partial charge in [0, 0.05) is 18.1 Å². The maximum atomic E-state index is 13.9. The number of benzene rings is 1. The Labute approximate surface area is 151 Å². The average molecular weight is 350 g/mol. The number of carbonyl (C=O) groups is 1. The summed E-state index contributed by atoms with van der Waals surface area (Å²) in [6, 6.07) is 11.8. The summed E-state index contributed by atoms with van der Waals surface area (Å²) in [6.45, 7) is 0.0501. The van der Waals surface area contributed by atoms with Crippen LogP contribution in [0.4, 0.5) is 4.39 Å². The highest BCUT2D eigenvalue weighted by molar-refractivity contribution is 5.64. The maximum Gasteiger partial charge on any atom is 0.214 e. The lowest BCUT2D eigenvalue weighted by Crippen LogP contribution is -2.07. The van der Waals surface area contributed by atoms with Gasteiger partial charge in [-0.25, -0.2) is 9.37 Å². The summed E-state index contributed by atoms with van der Waals surface area (Å²) in [5.41, 5.74) is 2.67. The number of aromatic nitrogens is 1. The number of aldehydes is 1. The van der Waals surface area contributed by atoms with Crippen molar-refractivity contribution in [3.8, 4) is 11.9 Å². The van der Waals surface area contributed by atoms with Crippen LogP contribution in [0.3, 0.4) is 0 Å². The number of nitriles is 1. The predicted octanol–water partition coefficient (Wildman–Crippen LogP) is 4.44. The summed E-state index contributed by atoms with van der Waals surface area (Å²) in [4.78, 5) is 15.1. The lowest BCUT2D eigenvalue weighted by atomic mass is 9.86. The van der Waals surface area contributed by atoms with Crippen molar-refractivity contribution in [2.45, 2.75) is 32.3 Å². The van der Waals surface area contributed by atoms with Crippen LogP contribution in [0.2, 0.25) is 0 Å². The van der Waals surface area contributed by atoms with Crippen molar-refractivity contribution in [2.24, 2.45) is 5.92 Å². The molecule has 1 aliphatic carbocycles. The van der Waals surface area contributed by atoms with E-state index in [1.54, 1.807) is 18.2 Å². The minimum atomic E-state index is -0.462. The second kappa shape index (κ2) is 8.39. The first-order valence-electron chi connectivity index (χ1n) is 8.61. The number of carbonyl (C=O) groups excluding carboxylic acids is 1. The lowest BCUT2D eigenvalue weighted by Gasteiger charge is -2.20. The van der Waals surface area contributed by atoms with Gasteiger partial charge in [-0.2, -0.15) is 5.26 Å². The molecule has 132 valence electrons. The molecule has 0 saturated heterocycles. The van der Waals surface area contributed by atoms with Gasteiger partial charge in [0.15, 0.2) is 0 Å². The molecule has 0 spiro atoms. The van der Waals surface area contributed by atoms with Gasteiger partial charge in [-0.05, 0) is 49.0 Å². The van der Waals surface area contributed by atoms with Crippen LogP contribution in [0.1, 0.15) is 42.5 Å². The molecule has 1 heterocycles. The third-order valence-electron chi connectivity index (χ3n) is 4.56. The third kappa shape index (κ3) is 4.34. The second-order valence-corrected chi connectivity index (χ2v) is 6.34. The molecular weight excluding hydrogens is 331 g/mol. The Kier molecular flexibility index (Phi) is 5.75. The van der Waals surface area contributed by atoms with Crippen LogP contribution in [-0.4, -0.2) is 11.3 Å². The van der Waals surface area contributed by atoms with Gasteiger partial charge in [-0.15, -0.1) is 0 Å². The van der Waals surface area contributed by atoms with Crippen LogP contribution < -0.4 is 4.74 Å². The van der Waals surface area contributed by atoms with E-state index in [2.05, 4.69) is 11.1 Å². The summed E-state index contributed by atoms with van der Waals surface area (Å²) in [7, 11) is 0. The smallest absolute Gasteiger partial charge is 0.214 e. The first kappa shape index (κ1) is 17.8. The summed E-state index contributed by atoms with van der Waals surface area (Å²) in [5, 5.41) is 8.78. The van der Waals surface area contributed by atoms with Gasteiger partial charge in [0.25, 0.3) is 0 Å². The number of pyridine rings is 1. The van der Waals surface area contributed by atoms with Gasteiger partial charge >= 0.3 is 0 Å². The fourth-order valence-electron chi connectivity index (χ4n) is 3.03. The second-order valence-electron chi connectivity index (χ2n) is 6.34. The highest BCUT2D eigenvalue weighted by Crippen LogP contribution is 2.31. The molecule has 0 N–H and O–H groups in total. The molecule has 1 aliphatic rings. The van der Waals surface area contributed by atoms with E-state index >= 15 is 0 Å². The van der Waals surface area contributed by atoms with E-state index in [4.69, 9.17) is 10.00 Å². The Morgan fingerprint density at radius 2 is 2.23 bits per heavy atom. The topological polar surface area (TPSA) is 63.0 Å². The molecule has 1 unspecified atom stereocenters. The SMILES string of the molecule is N#Cc1ccc(COc2cccc(C3=CCC(CC=O)CC3)n2)c(F)c1. The number of allylic oxidation sites excluding steroid dienone is 2. The van der Waals surface area contributed by atoms with Crippen LogP contribution >= 0.6 is 0 Å². The minimum Gasteiger partial charge on any atom is -0.473 e. The summed E-state index contributed by atoms with van der Waals surface area (Å²) in [6.07, 6.45) is 6.49. The van der Waals surface area contributed by atoms with Gasteiger partial charge in [0.1, 0.15) is 18.7 Å². The molecule has 0 saturated carbocycles.